The van der Waals surface area contributed by atoms with Crippen molar-refractivity contribution in [3.8, 4) is 5.40 Å². The van der Waals surface area contributed by atoms with Crippen LogP contribution in [0.2, 0.25) is 0 Å². The molecular weight excluding hydrogens is 360 g/mol. The van der Waals surface area contributed by atoms with Crippen LogP contribution in [0.5, 0.6) is 0 Å². The number of thioether (sulfide) groups is 1. The summed E-state index contributed by atoms with van der Waals surface area (Å²) in [6, 6.07) is 10.8. The van der Waals surface area contributed by atoms with Crippen LogP contribution in [0.4, 0.5) is 5.69 Å². The Morgan fingerprint density at radius 2 is 1.74 bits per heavy atom. The molecule has 0 aromatic heterocycles. The van der Waals surface area contributed by atoms with Crippen molar-refractivity contribution in [1.82, 2.24) is 0 Å². The standard InChI is InChI=1S/C21H22N2O3S/c1-13(2)16-5-7-17(8-6-16)21(25)26-11-19(24)23-20-14(3)9-18(27-12-22)10-15(20)4/h5-10,13H,11H2,1-4H3,(H,23,24). The molecule has 2 aromatic carbocycles. The lowest BCUT2D eigenvalue weighted by molar-refractivity contribution is -0.119. The third-order valence-electron chi connectivity index (χ3n) is 4.08. The number of hydrogen-bond donors (Lipinski definition) is 1. The number of amides is 1. The van der Waals surface area contributed by atoms with Crippen LogP contribution in [0.15, 0.2) is 41.3 Å². The van der Waals surface area contributed by atoms with Gasteiger partial charge in [-0.15, -0.1) is 0 Å². The van der Waals surface area contributed by atoms with E-state index in [-0.39, 0.29) is 6.61 Å². The Kier molecular flexibility index (Phi) is 7.03. The maximum Gasteiger partial charge on any atom is 0.338 e. The van der Waals surface area contributed by atoms with Crippen molar-refractivity contribution in [1.29, 1.82) is 5.26 Å². The van der Waals surface area contributed by atoms with E-state index in [2.05, 4.69) is 19.2 Å². The van der Waals surface area contributed by atoms with Gasteiger partial charge in [0.2, 0.25) is 0 Å². The molecule has 0 bridgehead atoms. The highest BCUT2D eigenvalue weighted by molar-refractivity contribution is 8.03. The number of anilines is 1. The number of nitrogens with one attached hydrogen (secondary N) is 1. The molecule has 0 fully saturated rings. The van der Waals surface area contributed by atoms with Crippen molar-refractivity contribution in [2.24, 2.45) is 0 Å². The molecule has 2 aromatic rings. The molecule has 0 aliphatic heterocycles. The van der Waals surface area contributed by atoms with Crippen LogP contribution in [0.3, 0.4) is 0 Å². The first kappa shape index (κ1) is 20.5. The van der Waals surface area contributed by atoms with Crippen molar-refractivity contribution in [3.05, 3.63) is 58.7 Å². The van der Waals surface area contributed by atoms with E-state index in [0.717, 1.165) is 33.3 Å². The first-order chi connectivity index (χ1) is 12.8. The van der Waals surface area contributed by atoms with Crippen LogP contribution in [0, 0.1) is 24.5 Å². The summed E-state index contributed by atoms with van der Waals surface area (Å²) in [5.41, 5.74) is 3.90. The number of nitrogens with zero attached hydrogens (tertiary/aromatic N) is 1. The molecule has 1 N–H and O–H groups in total. The van der Waals surface area contributed by atoms with Gasteiger partial charge in [0.05, 0.1) is 5.56 Å². The number of carbonyl (C=O) groups excluding carboxylic acids is 2. The van der Waals surface area contributed by atoms with Gasteiger partial charge in [0.1, 0.15) is 5.40 Å². The second-order valence-corrected chi connectivity index (χ2v) is 7.38. The first-order valence-corrected chi connectivity index (χ1v) is 9.37. The van der Waals surface area contributed by atoms with Crippen LogP contribution in [0.1, 0.15) is 46.8 Å². The third kappa shape index (κ3) is 5.60. The minimum Gasteiger partial charge on any atom is -0.452 e. The number of esters is 1. The maximum atomic E-state index is 12.2. The molecule has 0 unspecified atom stereocenters. The minimum atomic E-state index is -0.533. The van der Waals surface area contributed by atoms with E-state index in [4.69, 9.17) is 10.00 Å². The molecule has 0 heterocycles. The van der Waals surface area contributed by atoms with Gasteiger partial charge in [-0.25, -0.2) is 4.79 Å². The summed E-state index contributed by atoms with van der Waals surface area (Å²) in [5, 5.41) is 13.6. The molecule has 0 spiro atoms. The number of ether oxygens (including phenoxy) is 1. The van der Waals surface area contributed by atoms with Gasteiger partial charge in [-0.3, -0.25) is 4.79 Å². The molecule has 0 atom stereocenters. The lowest BCUT2D eigenvalue weighted by atomic mass is 10.0. The number of rotatable bonds is 6. The highest BCUT2D eigenvalue weighted by atomic mass is 32.2. The van der Waals surface area contributed by atoms with Crippen molar-refractivity contribution in [2.75, 3.05) is 11.9 Å². The normalized spacial score (nSPS) is 10.4. The maximum absolute atomic E-state index is 12.2. The van der Waals surface area contributed by atoms with Gasteiger partial charge in [-0.1, -0.05) is 26.0 Å². The number of aryl methyl sites for hydroxylation is 2. The number of benzene rings is 2. The van der Waals surface area contributed by atoms with Crippen LogP contribution in [0.25, 0.3) is 0 Å². The zero-order valence-electron chi connectivity index (χ0n) is 15.8. The smallest absolute Gasteiger partial charge is 0.338 e. The molecule has 0 radical (unpaired) electrons. The molecule has 1 amide bonds. The summed E-state index contributed by atoms with van der Waals surface area (Å²) in [4.78, 5) is 25.1. The van der Waals surface area contributed by atoms with Crippen LogP contribution in [-0.4, -0.2) is 18.5 Å². The van der Waals surface area contributed by atoms with Gasteiger partial charge < -0.3 is 10.1 Å². The van der Waals surface area contributed by atoms with Crippen LogP contribution in [-0.2, 0) is 9.53 Å². The second kappa shape index (κ2) is 9.24. The molecule has 2 rings (SSSR count). The Balaban J connectivity index is 1.96. The van der Waals surface area contributed by atoms with Crippen LogP contribution < -0.4 is 5.32 Å². The first-order valence-electron chi connectivity index (χ1n) is 8.56. The predicted molar refractivity (Wildman–Crippen MR) is 107 cm³/mol. The van der Waals surface area contributed by atoms with Crippen molar-refractivity contribution >= 4 is 29.3 Å². The van der Waals surface area contributed by atoms with E-state index in [1.807, 2.05) is 43.5 Å². The molecule has 27 heavy (non-hydrogen) atoms. The number of nitriles is 1. The summed E-state index contributed by atoms with van der Waals surface area (Å²) in [6.07, 6.45) is 0. The van der Waals surface area contributed by atoms with E-state index in [1.54, 1.807) is 12.1 Å². The Morgan fingerprint density at radius 3 is 2.26 bits per heavy atom. The molecular formula is C21H22N2O3S. The lowest BCUT2D eigenvalue weighted by Crippen LogP contribution is -2.22. The van der Waals surface area contributed by atoms with E-state index < -0.39 is 11.9 Å². The average Bonchev–Trinajstić information content (AvgIpc) is 2.63. The molecule has 6 heteroatoms. The molecule has 140 valence electrons. The van der Waals surface area contributed by atoms with E-state index in [9.17, 15) is 9.59 Å². The van der Waals surface area contributed by atoms with Crippen molar-refractivity contribution in [2.45, 2.75) is 38.5 Å². The molecule has 0 aliphatic carbocycles. The molecule has 0 aliphatic rings. The summed E-state index contributed by atoms with van der Waals surface area (Å²) in [7, 11) is 0. The predicted octanol–water partition coefficient (Wildman–Crippen LogP) is 4.80. The topological polar surface area (TPSA) is 79.2 Å². The number of carbonyl (C=O) groups is 2. The highest BCUT2D eigenvalue weighted by Crippen LogP contribution is 2.27. The van der Waals surface area contributed by atoms with Gasteiger partial charge in [0.15, 0.2) is 6.61 Å². The summed E-state index contributed by atoms with van der Waals surface area (Å²) >= 11 is 1.07. The zero-order chi connectivity index (χ0) is 20.0. The average molecular weight is 382 g/mol. The molecule has 0 saturated heterocycles. The second-order valence-electron chi connectivity index (χ2n) is 6.53. The Morgan fingerprint density at radius 1 is 1.15 bits per heavy atom. The van der Waals surface area contributed by atoms with Gasteiger partial charge in [-0.05, 0) is 72.5 Å². The largest absolute Gasteiger partial charge is 0.452 e. The monoisotopic (exact) mass is 382 g/mol. The zero-order valence-corrected chi connectivity index (χ0v) is 16.6. The van der Waals surface area contributed by atoms with Crippen LogP contribution >= 0.6 is 11.8 Å². The van der Waals surface area contributed by atoms with E-state index in [0.29, 0.717) is 17.2 Å². The Labute approximate surface area is 163 Å². The summed E-state index contributed by atoms with van der Waals surface area (Å²) < 4.78 is 5.11. The summed E-state index contributed by atoms with van der Waals surface area (Å²) in [5.74, 6) is -0.561. The van der Waals surface area contributed by atoms with Gasteiger partial charge in [0.25, 0.3) is 5.91 Å². The van der Waals surface area contributed by atoms with E-state index in [1.165, 1.54) is 0 Å². The minimum absolute atomic E-state index is 0.363. The fourth-order valence-corrected chi connectivity index (χ4v) is 3.20. The fourth-order valence-electron chi connectivity index (χ4n) is 2.63. The third-order valence-corrected chi connectivity index (χ3v) is 4.64. The summed E-state index contributed by atoms with van der Waals surface area (Å²) in [6.45, 7) is 7.50. The Bertz CT molecular complexity index is 860. The molecule has 0 saturated carbocycles. The fraction of sp³-hybridized carbons (Fsp3) is 0.286. The quantitative estimate of drug-likeness (QED) is 0.441. The van der Waals surface area contributed by atoms with E-state index >= 15 is 0 Å². The van der Waals surface area contributed by atoms with Crippen molar-refractivity contribution in [3.63, 3.8) is 0 Å². The van der Waals surface area contributed by atoms with Gasteiger partial charge >= 0.3 is 5.97 Å². The molecule has 5 nitrogen and oxygen atoms in total. The van der Waals surface area contributed by atoms with Crippen molar-refractivity contribution < 1.29 is 14.3 Å². The number of thiocyanates is 1. The van der Waals surface area contributed by atoms with Gasteiger partial charge in [-0.2, -0.15) is 5.26 Å². The Hall–Kier alpha value is -2.78. The SMILES string of the molecule is Cc1cc(SC#N)cc(C)c1NC(=O)COC(=O)c1ccc(C(C)C)cc1. The highest BCUT2D eigenvalue weighted by Gasteiger charge is 2.13. The van der Waals surface area contributed by atoms with Gasteiger partial charge in [0, 0.05) is 10.6 Å². The lowest BCUT2D eigenvalue weighted by Gasteiger charge is -2.13. The number of hydrogen-bond acceptors (Lipinski definition) is 5.